The summed E-state index contributed by atoms with van der Waals surface area (Å²) in [6.07, 6.45) is 3.69. The Morgan fingerprint density at radius 1 is 1.39 bits per heavy atom. The van der Waals surface area contributed by atoms with Gasteiger partial charge in [0.25, 0.3) is 0 Å². The second-order valence-corrected chi connectivity index (χ2v) is 5.06. The van der Waals surface area contributed by atoms with Crippen LogP contribution in [0.5, 0.6) is 0 Å². The molecule has 1 atom stereocenters. The van der Waals surface area contributed by atoms with Crippen LogP contribution in [0.1, 0.15) is 46.8 Å². The van der Waals surface area contributed by atoms with Crippen LogP contribution in [0.15, 0.2) is 18.2 Å². The number of rotatable bonds is 2. The molecule has 1 saturated heterocycles. The van der Waals surface area contributed by atoms with Crippen molar-refractivity contribution in [1.82, 2.24) is 4.90 Å². The van der Waals surface area contributed by atoms with Crippen molar-refractivity contribution in [3.63, 3.8) is 0 Å². The van der Waals surface area contributed by atoms with Gasteiger partial charge in [-0.1, -0.05) is 18.6 Å². The lowest BCUT2D eigenvalue weighted by atomic mass is 9.93. The third kappa shape index (κ3) is 2.56. The maximum atomic E-state index is 11.7. The van der Waals surface area contributed by atoms with E-state index in [1.165, 1.54) is 31.9 Å². The zero-order valence-electron chi connectivity index (χ0n) is 11.4. The fraction of sp³-hybridized carbons (Fsp3) is 0.533. The van der Waals surface area contributed by atoms with Crippen molar-refractivity contribution in [3.05, 3.63) is 34.9 Å². The SMILES string of the molecule is COC(=O)c1cc(C2CCCCN2C)ccc1C. The molecule has 1 fully saturated rings. The van der Waals surface area contributed by atoms with Gasteiger partial charge in [-0.2, -0.15) is 0 Å². The van der Waals surface area contributed by atoms with Crippen LogP contribution in [0, 0.1) is 6.92 Å². The third-order valence-electron chi connectivity index (χ3n) is 3.82. The molecule has 18 heavy (non-hydrogen) atoms. The van der Waals surface area contributed by atoms with Gasteiger partial charge in [0.2, 0.25) is 0 Å². The summed E-state index contributed by atoms with van der Waals surface area (Å²) in [5, 5.41) is 0. The molecule has 0 amide bonds. The number of piperidine rings is 1. The van der Waals surface area contributed by atoms with Gasteiger partial charge in [0, 0.05) is 6.04 Å². The first-order chi connectivity index (χ1) is 8.63. The summed E-state index contributed by atoms with van der Waals surface area (Å²) >= 11 is 0. The molecule has 1 aliphatic rings. The van der Waals surface area contributed by atoms with Crippen molar-refractivity contribution in [3.8, 4) is 0 Å². The Morgan fingerprint density at radius 3 is 2.83 bits per heavy atom. The zero-order chi connectivity index (χ0) is 13.1. The zero-order valence-corrected chi connectivity index (χ0v) is 11.4. The number of nitrogens with zero attached hydrogens (tertiary/aromatic N) is 1. The van der Waals surface area contributed by atoms with Crippen LogP contribution in [0.2, 0.25) is 0 Å². The maximum absolute atomic E-state index is 11.7. The highest BCUT2D eigenvalue weighted by Crippen LogP contribution is 2.30. The van der Waals surface area contributed by atoms with Crippen LogP contribution in [0.3, 0.4) is 0 Å². The van der Waals surface area contributed by atoms with Crippen LogP contribution in [0.4, 0.5) is 0 Å². The Labute approximate surface area is 109 Å². The summed E-state index contributed by atoms with van der Waals surface area (Å²) in [4.78, 5) is 14.1. The number of ether oxygens (including phenoxy) is 1. The first kappa shape index (κ1) is 13.1. The predicted molar refractivity (Wildman–Crippen MR) is 71.7 cm³/mol. The standard InChI is InChI=1S/C15H21NO2/c1-11-7-8-12(10-13(11)15(17)18-3)14-6-4-5-9-16(14)2/h7-8,10,14H,4-6,9H2,1-3H3. The molecule has 0 radical (unpaired) electrons. The van der Waals surface area contributed by atoms with E-state index < -0.39 is 0 Å². The summed E-state index contributed by atoms with van der Waals surface area (Å²) in [6.45, 7) is 3.08. The normalized spacial score (nSPS) is 20.7. The highest BCUT2D eigenvalue weighted by Gasteiger charge is 2.22. The van der Waals surface area contributed by atoms with Crippen LogP contribution in [-0.4, -0.2) is 31.6 Å². The van der Waals surface area contributed by atoms with E-state index in [4.69, 9.17) is 4.74 Å². The Balaban J connectivity index is 2.31. The number of likely N-dealkylation sites (tertiary alicyclic amines) is 1. The molecule has 1 aromatic carbocycles. The van der Waals surface area contributed by atoms with E-state index in [-0.39, 0.29) is 5.97 Å². The smallest absolute Gasteiger partial charge is 0.338 e. The highest BCUT2D eigenvalue weighted by molar-refractivity contribution is 5.91. The van der Waals surface area contributed by atoms with E-state index in [0.29, 0.717) is 11.6 Å². The Hall–Kier alpha value is -1.35. The fourth-order valence-electron chi connectivity index (χ4n) is 2.67. The van der Waals surface area contributed by atoms with Crippen molar-refractivity contribution in [2.45, 2.75) is 32.2 Å². The molecule has 0 aliphatic carbocycles. The first-order valence-electron chi connectivity index (χ1n) is 6.52. The summed E-state index contributed by atoms with van der Waals surface area (Å²) < 4.78 is 4.83. The minimum absolute atomic E-state index is 0.243. The number of carbonyl (C=O) groups excluding carboxylic acids is 1. The number of esters is 1. The molecule has 1 aromatic rings. The second-order valence-electron chi connectivity index (χ2n) is 5.06. The van der Waals surface area contributed by atoms with E-state index in [1.54, 1.807) is 0 Å². The molecule has 3 nitrogen and oxygen atoms in total. The summed E-state index contributed by atoms with van der Waals surface area (Å²) in [5.41, 5.74) is 2.89. The van der Waals surface area contributed by atoms with Gasteiger partial charge in [-0.05, 0) is 50.6 Å². The molecule has 0 spiro atoms. The van der Waals surface area contributed by atoms with E-state index in [0.717, 1.165) is 12.1 Å². The van der Waals surface area contributed by atoms with Gasteiger partial charge in [0.15, 0.2) is 0 Å². The molecule has 0 bridgehead atoms. The van der Waals surface area contributed by atoms with Crippen molar-refractivity contribution >= 4 is 5.97 Å². The number of hydrogen-bond acceptors (Lipinski definition) is 3. The average molecular weight is 247 g/mol. The average Bonchev–Trinajstić information content (AvgIpc) is 2.39. The molecular weight excluding hydrogens is 226 g/mol. The van der Waals surface area contributed by atoms with Crippen LogP contribution >= 0.6 is 0 Å². The predicted octanol–water partition coefficient (Wildman–Crippen LogP) is 2.94. The summed E-state index contributed by atoms with van der Waals surface area (Å²) in [5.74, 6) is -0.243. The third-order valence-corrected chi connectivity index (χ3v) is 3.82. The molecule has 1 heterocycles. The molecule has 3 heteroatoms. The maximum Gasteiger partial charge on any atom is 0.338 e. The van der Waals surface area contributed by atoms with Gasteiger partial charge in [-0.25, -0.2) is 4.79 Å². The van der Waals surface area contributed by atoms with Crippen LogP contribution in [0.25, 0.3) is 0 Å². The van der Waals surface area contributed by atoms with Crippen molar-refractivity contribution in [2.75, 3.05) is 20.7 Å². The minimum Gasteiger partial charge on any atom is -0.465 e. The largest absolute Gasteiger partial charge is 0.465 e. The van der Waals surface area contributed by atoms with Crippen molar-refractivity contribution in [1.29, 1.82) is 0 Å². The molecule has 1 unspecified atom stereocenters. The van der Waals surface area contributed by atoms with Gasteiger partial charge in [-0.15, -0.1) is 0 Å². The first-order valence-corrected chi connectivity index (χ1v) is 6.52. The number of methoxy groups -OCH3 is 1. The van der Waals surface area contributed by atoms with Gasteiger partial charge >= 0.3 is 5.97 Å². The summed E-state index contributed by atoms with van der Waals surface area (Å²) in [7, 11) is 3.59. The lowest BCUT2D eigenvalue weighted by Gasteiger charge is -2.33. The number of aryl methyl sites for hydroxylation is 1. The van der Waals surface area contributed by atoms with Gasteiger partial charge in [0.05, 0.1) is 12.7 Å². The monoisotopic (exact) mass is 247 g/mol. The quantitative estimate of drug-likeness (QED) is 0.753. The van der Waals surface area contributed by atoms with Gasteiger partial charge in [0.1, 0.15) is 0 Å². The van der Waals surface area contributed by atoms with Gasteiger partial charge in [-0.3, -0.25) is 4.90 Å². The number of hydrogen-bond donors (Lipinski definition) is 0. The number of carbonyl (C=O) groups is 1. The molecule has 0 N–H and O–H groups in total. The van der Waals surface area contributed by atoms with Crippen LogP contribution in [-0.2, 0) is 4.74 Å². The Kier molecular flexibility index (Phi) is 4.02. The van der Waals surface area contributed by atoms with E-state index in [9.17, 15) is 4.79 Å². The molecule has 1 aliphatic heterocycles. The Bertz CT molecular complexity index is 442. The summed E-state index contributed by atoms with van der Waals surface area (Å²) in [6, 6.07) is 6.58. The van der Waals surface area contributed by atoms with Gasteiger partial charge < -0.3 is 4.74 Å². The van der Waals surface area contributed by atoms with Crippen LogP contribution < -0.4 is 0 Å². The Morgan fingerprint density at radius 2 is 2.17 bits per heavy atom. The minimum atomic E-state index is -0.243. The fourth-order valence-corrected chi connectivity index (χ4v) is 2.67. The second kappa shape index (κ2) is 5.53. The lowest BCUT2D eigenvalue weighted by Crippen LogP contribution is -2.29. The number of benzene rings is 1. The van der Waals surface area contributed by atoms with Crippen molar-refractivity contribution in [2.24, 2.45) is 0 Å². The topological polar surface area (TPSA) is 29.5 Å². The highest BCUT2D eigenvalue weighted by atomic mass is 16.5. The molecule has 0 aromatic heterocycles. The van der Waals surface area contributed by atoms with E-state index >= 15 is 0 Å². The van der Waals surface area contributed by atoms with E-state index in [2.05, 4.69) is 18.0 Å². The molecule has 98 valence electrons. The molecule has 0 saturated carbocycles. The van der Waals surface area contributed by atoms with Crippen molar-refractivity contribution < 1.29 is 9.53 Å². The lowest BCUT2D eigenvalue weighted by molar-refractivity contribution is 0.0599. The molecule has 2 rings (SSSR count). The van der Waals surface area contributed by atoms with E-state index in [1.807, 2.05) is 19.1 Å². The molecular formula is C15H21NO2.